The fourth-order valence-electron chi connectivity index (χ4n) is 5.19. The minimum Gasteiger partial charge on any atom is -0.454 e. The van der Waals surface area contributed by atoms with Crippen molar-refractivity contribution in [1.82, 2.24) is 0 Å². The molecule has 0 aromatic carbocycles. The number of fused-ring (bicyclic) bond motifs is 3. The molecule has 1 saturated carbocycles. The van der Waals surface area contributed by atoms with Crippen molar-refractivity contribution in [3.05, 3.63) is 22.4 Å². The lowest BCUT2D eigenvalue weighted by molar-refractivity contribution is -0.928. The fraction of sp³-hybridized carbons (Fsp3) is 0.750. The highest BCUT2D eigenvalue weighted by Gasteiger charge is 2.51. The molecular formula is C20H30NO3S+. The molecule has 1 N–H and O–H groups in total. The first-order valence-corrected chi connectivity index (χ1v) is 10.7. The molecule has 5 heteroatoms. The zero-order valence-corrected chi connectivity index (χ0v) is 16.0. The Morgan fingerprint density at radius 3 is 2.56 bits per heavy atom. The van der Waals surface area contributed by atoms with Crippen LogP contribution in [-0.4, -0.2) is 48.3 Å². The highest BCUT2D eigenvalue weighted by Crippen LogP contribution is 2.43. The molecule has 0 amide bonds. The van der Waals surface area contributed by atoms with Gasteiger partial charge in [-0.15, -0.1) is 11.3 Å². The van der Waals surface area contributed by atoms with E-state index in [4.69, 9.17) is 4.74 Å². The molecule has 2 atom stereocenters. The molecule has 138 valence electrons. The summed E-state index contributed by atoms with van der Waals surface area (Å²) < 4.78 is 7.04. The van der Waals surface area contributed by atoms with Gasteiger partial charge in [-0.2, -0.15) is 0 Å². The molecular weight excluding hydrogens is 334 g/mol. The van der Waals surface area contributed by atoms with Crippen molar-refractivity contribution in [2.75, 3.05) is 26.7 Å². The maximum absolute atomic E-state index is 13.2. The first-order valence-electron chi connectivity index (χ1n) is 9.82. The van der Waals surface area contributed by atoms with E-state index in [9.17, 15) is 9.90 Å². The molecule has 0 radical (unpaired) electrons. The van der Waals surface area contributed by atoms with Crippen molar-refractivity contribution in [3.8, 4) is 0 Å². The molecule has 3 saturated heterocycles. The fourth-order valence-corrected chi connectivity index (χ4v) is 6.08. The number of carbonyl (C=O) groups is 1. The molecule has 25 heavy (non-hydrogen) atoms. The van der Waals surface area contributed by atoms with E-state index in [0.29, 0.717) is 5.92 Å². The standard InChI is InChI=1S/C20H30NO3S/c1-21-11-9-15(10-12-21)17(14-21)24-19(22)20(23,18-8-5-13-25-18)16-6-3-2-4-7-16/h5,8,13,15-17,23H,2-4,6-7,9-12,14H2,1H3/q+1/t15?,17-,20?,21?/m0/s1. The average Bonchev–Trinajstić information content (AvgIpc) is 3.17. The van der Waals surface area contributed by atoms with E-state index >= 15 is 0 Å². The number of hydrogen-bond donors (Lipinski definition) is 1. The molecule has 1 aromatic rings. The van der Waals surface area contributed by atoms with Gasteiger partial charge in [-0.3, -0.25) is 0 Å². The lowest BCUT2D eigenvalue weighted by Gasteiger charge is -2.50. The highest BCUT2D eigenvalue weighted by molar-refractivity contribution is 7.10. The molecule has 4 fully saturated rings. The van der Waals surface area contributed by atoms with E-state index in [1.54, 1.807) is 0 Å². The van der Waals surface area contributed by atoms with Crippen LogP contribution in [0, 0.1) is 11.8 Å². The predicted molar refractivity (Wildman–Crippen MR) is 98.2 cm³/mol. The number of likely N-dealkylation sites (N-methyl/N-ethyl adjacent to an activating group) is 1. The number of hydrogen-bond acceptors (Lipinski definition) is 4. The van der Waals surface area contributed by atoms with E-state index < -0.39 is 11.6 Å². The van der Waals surface area contributed by atoms with Crippen molar-refractivity contribution in [2.24, 2.45) is 11.8 Å². The Kier molecular flexibility index (Phi) is 4.67. The molecule has 1 aromatic heterocycles. The topological polar surface area (TPSA) is 46.5 Å². The Morgan fingerprint density at radius 1 is 1.24 bits per heavy atom. The lowest BCUT2D eigenvalue weighted by Crippen LogP contribution is -2.63. The second kappa shape index (κ2) is 6.67. The van der Waals surface area contributed by atoms with E-state index in [2.05, 4.69) is 7.05 Å². The molecule has 4 heterocycles. The summed E-state index contributed by atoms with van der Waals surface area (Å²) in [5, 5.41) is 13.5. The molecule has 0 spiro atoms. The SMILES string of the molecule is C[N+]12CCC(CC1)[C@@H](OC(=O)C(O)(c1cccs1)C1CCCCC1)C2. The van der Waals surface area contributed by atoms with Gasteiger partial charge in [0.2, 0.25) is 0 Å². The number of esters is 1. The molecule has 1 unspecified atom stereocenters. The third kappa shape index (κ3) is 3.15. The van der Waals surface area contributed by atoms with E-state index in [-0.39, 0.29) is 12.0 Å². The van der Waals surface area contributed by atoms with Crippen molar-refractivity contribution in [3.63, 3.8) is 0 Å². The smallest absolute Gasteiger partial charge is 0.344 e. The van der Waals surface area contributed by atoms with E-state index in [0.717, 1.165) is 54.4 Å². The quantitative estimate of drug-likeness (QED) is 0.659. The summed E-state index contributed by atoms with van der Waals surface area (Å²) >= 11 is 1.47. The van der Waals surface area contributed by atoms with Crippen LogP contribution in [0.2, 0.25) is 0 Å². The number of rotatable bonds is 4. The number of nitrogens with zero attached hydrogens (tertiary/aromatic N) is 1. The zero-order valence-electron chi connectivity index (χ0n) is 15.2. The van der Waals surface area contributed by atoms with Gasteiger partial charge in [-0.05, 0) is 24.3 Å². The second-order valence-electron chi connectivity index (χ2n) is 8.61. The zero-order chi connectivity index (χ0) is 17.5. The average molecular weight is 365 g/mol. The van der Waals surface area contributed by atoms with Gasteiger partial charge in [0.15, 0.2) is 11.7 Å². The number of carbonyl (C=O) groups excluding carboxylic acids is 1. The Balaban J connectivity index is 1.56. The van der Waals surface area contributed by atoms with E-state index in [1.165, 1.54) is 30.8 Å². The van der Waals surface area contributed by atoms with Crippen LogP contribution in [0.4, 0.5) is 0 Å². The van der Waals surface area contributed by atoms with E-state index in [1.807, 2.05) is 17.5 Å². The van der Waals surface area contributed by atoms with Gasteiger partial charge in [0, 0.05) is 29.6 Å². The first-order chi connectivity index (χ1) is 12.0. The molecule has 3 aliphatic heterocycles. The number of ether oxygens (including phenoxy) is 1. The van der Waals surface area contributed by atoms with Gasteiger partial charge in [0.1, 0.15) is 6.54 Å². The van der Waals surface area contributed by atoms with Crippen molar-refractivity contribution < 1.29 is 19.1 Å². The second-order valence-corrected chi connectivity index (χ2v) is 9.56. The third-order valence-corrected chi connectivity index (χ3v) is 7.88. The van der Waals surface area contributed by atoms with Crippen LogP contribution < -0.4 is 0 Å². The van der Waals surface area contributed by atoms with Gasteiger partial charge in [-0.1, -0.05) is 25.3 Å². The summed E-state index contributed by atoms with van der Waals surface area (Å²) in [6.45, 7) is 3.29. The largest absolute Gasteiger partial charge is 0.454 e. The molecule has 5 rings (SSSR count). The monoisotopic (exact) mass is 364 g/mol. The first kappa shape index (κ1) is 17.5. The van der Waals surface area contributed by atoms with Gasteiger partial charge in [0.25, 0.3) is 0 Å². The minimum atomic E-state index is -1.46. The maximum Gasteiger partial charge on any atom is 0.344 e. The van der Waals surface area contributed by atoms with Crippen LogP contribution >= 0.6 is 11.3 Å². The summed E-state index contributed by atoms with van der Waals surface area (Å²) in [6, 6.07) is 3.81. The Bertz CT molecular complexity index is 602. The molecule has 1 aliphatic carbocycles. The normalized spacial score (nSPS) is 35.3. The van der Waals surface area contributed by atoms with Crippen molar-refractivity contribution in [2.45, 2.75) is 56.7 Å². The number of quaternary nitrogens is 1. The van der Waals surface area contributed by atoms with Crippen LogP contribution in [0.5, 0.6) is 0 Å². The van der Waals surface area contributed by atoms with Gasteiger partial charge >= 0.3 is 5.97 Å². The summed E-state index contributed by atoms with van der Waals surface area (Å²) in [5.74, 6) is 0.0632. The summed E-state index contributed by atoms with van der Waals surface area (Å²) in [6.07, 6.45) is 7.43. The van der Waals surface area contributed by atoms with Gasteiger partial charge in [0.05, 0.1) is 20.1 Å². The summed E-state index contributed by atoms with van der Waals surface area (Å²) in [4.78, 5) is 14.0. The molecule has 4 nitrogen and oxygen atoms in total. The van der Waals surface area contributed by atoms with Crippen molar-refractivity contribution >= 4 is 17.3 Å². The lowest BCUT2D eigenvalue weighted by atomic mass is 9.76. The van der Waals surface area contributed by atoms with Gasteiger partial charge < -0.3 is 14.3 Å². The summed E-state index contributed by atoms with van der Waals surface area (Å²) in [7, 11) is 2.27. The highest BCUT2D eigenvalue weighted by atomic mass is 32.1. The predicted octanol–water partition coefficient (Wildman–Crippen LogP) is 3.30. The van der Waals surface area contributed by atoms with Crippen molar-refractivity contribution in [1.29, 1.82) is 0 Å². The number of piperidine rings is 3. The minimum absolute atomic E-state index is 0.0155. The molecule has 2 bridgehead atoms. The van der Waals surface area contributed by atoms with Crippen LogP contribution in [0.25, 0.3) is 0 Å². The Labute approximate surface area is 154 Å². The number of aliphatic hydroxyl groups is 1. The molecule has 4 aliphatic rings. The third-order valence-electron chi connectivity index (χ3n) is 6.89. The van der Waals surface area contributed by atoms with Crippen LogP contribution in [0.3, 0.4) is 0 Å². The number of thiophene rings is 1. The Hall–Kier alpha value is -0.910. The Morgan fingerprint density at radius 2 is 1.96 bits per heavy atom. The van der Waals surface area contributed by atoms with Crippen LogP contribution in [0.1, 0.15) is 49.8 Å². The van der Waals surface area contributed by atoms with Gasteiger partial charge in [-0.25, -0.2) is 4.79 Å². The summed E-state index contributed by atoms with van der Waals surface area (Å²) in [5.41, 5.74) is -1.46. The van der Waals surface area contributed by atoms with Crippen LogP contribution in [-0.2, 0) is 15.1 Å². The van der Waals surface area contributed by atoms with Crippen LogP contribution in [0.15, 0.2) is 17.5 Å². The maximum atomic E-state index is 13.2.